The van der Waals surface area contributed by atoms with Crippen LogP contribution in [-0.4, -0.2) is 5.78 Å². The molecule has 0 aliphatic rings. The van der Waals surface area contributed by atoms with Gasteiger partial charge in [0.05, 0.1) is 0 Å². The van der Waals surface area contributed by atoms with E-state index in [0.29, 0.717) is 6.42 Å². The minimum Gasteiger partial charge on any atom is -0.295 e. The van der Waals surface area contributed by atoms with Gasteiger partial charge in [0, 0.05) is 6.42 Å². The molecule has 0 fully saturated rings. The minimum atomic E-state index is 0.231. The predicted octanol–water partition coefficient (Wildman–Crippen LogP) is 2.32. The maximum Gasteiger partial charge on any atom is 0.155 e. The van der Waals surface area contributed by atoms with Gasteiger partial charge in [-0.3, -0.25) is 4.79 Å². The van der Waals surface area contributed by atoms with Crippen LogP contribution in [0.3, 0.4) is 0 Å². The molecule has 0 bridgehead atoms. The minimum absolute atomic E-state index is 0.231. The molecule has 0 heterocycles. The second-order valence-electron chi connectivity index (χ2n) is 2.16. The van der Waals surface area contributed by atoms with Crippen LogP contribution in [0, 0.1) is 0 Å². The van der Waals surface area contributed by atoms with E-state index < -0.39 is 0 Å². The van der Waals surface area contributed by atoms with Gasteiger partial charge >= 0.3 is 0 Å². The van der Waals surface area contributed by atoms with Gasteiger partial charge in [0.25, 0.3) is 0 Å². The lowest BCUT2D eigenvalue weighted by atomic mass is 10.2. The Kier molecular flexibility index (Phi) is 4.02. The van der Waals surface area contributed by atoms with Gasteiger partial charge in [0.2, 0.25) is 0 Å². The topological polar surface area (TPSA) is 17.1 Å². The fourth-order valence-electron chi connectivity index (χ4n) is 0.479. The maximum absolute atomic E-state index is 10.7. The molecule has 0 N–H and O–H groups in total. The molecular weight excluding hydrogens is 112 g/mol. The Hall–Kier alpha value is -0.590. The lowest BCUT2D eigenvalue weighted by molar-refractivity contribution is -0.114. The van der Waals surface area contributed by atoms with Gasteiger partial charge in [-0.15, -0.1) is 0 Å². The fourth-order valence-corrected chi connectivity index (χ4v) is 0.479. The van der Waals surface area contributed by atoms with E-state index in [1.165, 1.54) is 5.57 Å². The number of ketones is 1. The molecule has 0 amide bonds. The van der Waals surface area contributed by atoms with Crippen molar-refractivity contribution in [1.82, 2.24) is 0 Å². The monoisotopic (exact) mass is 126 g/mol. The molecule has 0 saturated heterocycles. The molecular formula is C8H14O. The molecule has 0 unspecified atom stereocenters. The summed E-state index contributed by atoms with van der Waals surface area (Å²) in [7, 11) is 0. The SMILES string of the molecule is CCC(=O)C=C(C)CC. The van der Waals surface area contributed by atoms with Gasteiger partial charge in [0.1, 0.15) is 0 Å². The zero-order valence-corrected chi connectivity index (χ0v) is 6.40. The van der Waals surface area contributed by atoms with Crippen LogP contribution in [0.5, 0.6) is 0 Å². The van der Waals surface area contributed by atoms with Crippen LogP contribution in [-0.2, 0) is 4.79 Å². The second kappa shape index (κ2) is 4.30. The molecule has 0 aliphatic heterocycles. The van der Waals surface area contributed by atoms with E-state index in [0.717, 1.165) is 6.42 Å². The predicted molar refractivity (Wildman–Crippen MR) is 39.3 cm³/mol. The van der Waals surface area contributed by atoms with Crippen LogP contribution in [0.1, 0.15) is 33.6 Å². The lowest BCUT2D eigenvalue weighted by Crippen LogP contribution is -1.89. The molecule has 0 aromatic heterocycles. The lowest BCUT2D eigenvalue weighted by Gasteiger charge is -1.91. The quantitative estimate of drug-likeness (QED) is 0.530. The number of rotatable bonds is 3. The highest BCUT2D eigenvalue weighted by Gasteiger charge is 1.91. The summed E-state index contributed by atoms with van der Waals surface area (Å²) in [4.78, 5) is 10.7. The molecule has 0 saturated carbocycles. The molecule has 0 aliphatic carbocycles. The Labute approximate surface area is 56.8 Å². The standard InChI is InChI=1S/C8H14O/c1-4-7(3)6-8(9)5-2/h6H,4-5H2,1-3H3. The number of carbonyl (C=O) groups is 1. The Morgan fingerprint density at radius 3 is 2.22 bits per heavy atom. The van der Waals surface area contributed by atoms with Gasteiger partial charge in [-0.25, -0.2) is 0 Å². The van der Waals surface area contributed by atoms with Crippen molar-refractivity contribution in [2.45, 2.75) is 33.6 Å². The molecule has 1 heteroatoms. The summed E-state index contributed by atoms with van der Waals surface area (Å²) in [5, 5.41) is 0. The van der Waals surface area contributed by atoms with Gasteiger partial charge in [-0.1, -0.05) is 19.4 Å². The van der Waals surface area contributed by atoms with Crippen molar-refractivity contribution in [1.29, 1.82) is 0 Å². The molecule has 52 valence electrons. The molecule has 0 radical (unpaired) electrons. The average molecular weight is 126 g/mol. The van der Waals surface area contributed by atoms with E-state index in [9.17, 15) is 4.79 Å². The van der Waals surface area contributed by atoms with Crippen molar-refractivity contribution >= 4 is 5.78 Å². The summed E-state index contributed by atoms with van der Waals surface area (Å²) in [5.74, 6) is 0.231. The zero-order valence-electron chi connectivity index (χ0n) is 6.40. The Morgan fingerprint density at radius 2 is 1.89 bits per heavy atom. The van der Waals surface area contributed by atoms with Crippen LogP contribution < -0.4 is 0 Å². The Morgan fingerprint density at radius 1 is 1.33 bits per heavy atom. The summed E-state index contributed by atoms with van der Waals surface area (Å²) < 4.78 is 0. The average Bonchev–Trinajstić information content (AvgIpc) is 1.87. The van der Waals surface area contributed by atoms with Crippen LogP contribution in [0.2, 0.25) is 0 Å². The fraction of sp³-hybridized carbons (Fsp3) is 0.625. The summed E-state index contributed by atoms with van der Waals surface area (Å²) in [5.41, 5.74) is 1.17. The second-order valence-corrected chi connectivity index (χ2v) is 2.16. The molecule has 1 nitrogen and oxygen atoms in total. The van der Waals surface area contributed by atoms with Gasteiger partial charge in [-0.2, -0.15) is 0 Å². The van der Waals surface area contributed by atoms with Crippen molar-refractivity contribution in [2.24, 2.45) is 0 Å². The summed E-state index contributed by atoms with van der Waals surface area (Å²) in [6, 6.07) is 0. The van der Waals surface area contributed by atoms with Crippen LogP contribution >= 0.6 is 0 Å². The highest BCUT2D eigenvalue weighted by molar-refractivity contribution is 5.89. The zero-order chi connectivity index (χ0) is 7.28. The number of allylic oxidation sites excluding steroid dienone is 2. The van der Waals surface area contributed by atoms with E-state index in [2.05, 4.69) is 6.92 Å². The first-order valence-corrected chi connectivity index (χ1v) is 3.40. The van der Waals surface area contributed by atoms with Crippen LogP contribution in [0.25, 0.3) is 0 Å². The molecule has 0 aromatic carbocycles. The third-order valence-electron chi connectivity index (χ3n) is 1.31. The normalized spacial score (nSPS) is 11.7. The third-order valence-corrected chi connectivity index (χ3v) is 1.31. The first-order valence-electron chi connectivity index (χ1n) is 3.40. The molecule has 0 spiro atoms. The van der Waals surface area contributed by atoms with Crippen molar-refractivity contribution in [2.75, 3.05) is 0 Å². The van der Waals surface area contributed by atoms with E-state index in [1.54, 1.807) is 6.08 Å². The van der Waals surface area contributed by atoms with Gasteiger partial charge in [-0.05, 0) is 19.4 Å². The van der Waals surface area contributed by atoms with E-state index >= 15 is 0 Å². The molecule has 0 aromatic rings. The number of hydrogen-bond acceptors (Lipinski definition) is 1. The highest BCUT2D eigenvalue weighted by atomic mass is 16.1. The van der Waals surface area contributed by atoms with Crippen LogP contribution in [0.4, 0.5) is 0 Å². The number of hydrogen-bond donors (Lipinski definition) is 0. The summed E-state index contributed by atoms with van der Waals surface area (Å²) in [6.45, 7) is 5.91. The third kappa shape index (κ3) is 3.95. The van der Waals surface area contributed by atoms with Crippen molar-refractivity contribution in [3.05, 3.63) is 11.6 Å². The van der Waals surface area contributed by atoms with E-state index in [1.807, 2.05) is 13.8 Å². The van der Waals surface area contributed by atoms with Crippen LogP contribution in [0.15, 0.2) is 11.6 Å². The van der Waals surface area contributed by atoms with Gasteiger partial charge < -0.3 is 0 Å². The number of carbonyl (C=O) groups excluding carboxylic acids is 1. The Balaban J connectivity index is 3.79. The molecule has 0 rings (SSSR count). The van der Waals surface area contributed by atoms with Crippen molar-refractivity contribution < 1.29 is 4.79 Å². The molecule has 0 atom stereocenters. The largest absolute Gasteiger partial charge is 0.295 e. The first-order chi connectivity index (χ1) is 4.20. The summed E-state index contributed by atoms with van der Waals surface area (Å²) in [6.07, 6.45) is 3.32. The Bertz CT molecular complexity index is 123. The van der Waals surface area contributed by atoms with E-state index in [-0.39, 0.29) is 5.78 Å². The first kappa shape index (κ1) is 8.41. The van der Waals surface area contributed by atoms with E-state index in [4.69, 9.17) is 0 Å². The highest BCUT2D eigenvalue weighted by Crippen LogP contribution is 1.98. The van der Waals surface area contributed by atoms with Crippen molar-refractivity contribution in [3.8, 4) is 0 Å². The smallest absolute Gasteiger partial charge is 0.155 e. The maximum atomic E-state index is 10.7. The molecule has 9 heavy (non-hydrogen) atoms. The summed E-state index contributed by atoms with van der Waals surface area (Å²) >= 11 is 0. The van der Waals surface area contributed by atoms with Gasteiger partial charge in [0.15, 0.2) is 5.78 Å². The van der Waals surface area contributed by atoms with Crippen molar-refractivity contribution in [3.63, 3.8) is 0 Å².